The van der Waals surface area contributed by atoms with Crippen molar-refractivity contribution in [2.45, 2.75) is 6.10 Å². The lowest BCUT2D eigenvalue weighted by molar-refractivity contribution is -0.000683. The van der Waals surface area contributed by atoms with Crippen molar-refractivity contribution in [1.29, 1.82) is 0 Å². The van der Waals surface area contributed by atoms with E-state index in [1.54, 1.807) is 0 Å². The van der Waals surface area contributed by atoms with Crippen LogP contribution >= 0.6 is 15.9 Å². The molecule has 0 saturated carbocycles. The number of benzene rings is 1. The fraction of sp³-hybridized carbons (Fsp3) is 0.455. The Hall–Kier alpha value is -0.720. The summed E-state index contributed by atoms with van der Waals surface area (Å²) >= 11 is 3.08. The molecular formula is C11H12BrF2NO2. The van der Waals surface area contributed by atoms with Crippen molar-refractivity contribution in [2.24, 2.45) is 0 Å². The summed E-state index contributed by atoms with van der Waals surface area (Å²) in [5.41, 5.74) is 0. The molecule has 0 aromatic heterocycles. The zero-order chi connectivity index (χ0) is 12.3. The van der Waals surface area contributed by atoms with E-state index in [0.29, 0.717) is 17.6 Å². The number of hydrogen-bond acceptors (Lipinski definition) is 3. The molecule has 3 nitrogen and oxygen atoms in total. The Bertz CT molecular complexity index is 397. The van der Waals surface area contributed by atoms with E-state index >= 15 is 0 Å². The normalized spacial score (nSPS) is 20.3. The summed E-state index contributed by atoms with van der Waals surface area (Å²) in [5.74, 6) is -2.01. The highest BCUT2D eigenvalue weighted by Gasteiger charge is 2.16. The molecule has 1 aromatic rings. The van der Waals surface area contributed by atoms with Crippen molar-refractivity contribution in [3.05, 3.63) is 28.2 Å². The maximum Gasteiger partial charge on any atom is 0.200 e. The van der Waals surface area contributed by atoms with Gasteiger partial charge in [0.25, 0.3) is 0 Å². The van der Waals surface area contributed by atoms with Gasteiger partial charge in [-0.05, 0) is 12.1 Å². The van der Waals surface area contributed by atoms with Gasteiger partial charge in [-0.3, -0.25) is 0 Å². The van der Waals surface area contributed by atoms with Gasteiger partial charge in [0, 0.05) is 17.6 Å². The second-order valence-electron chi connectivity index (χ2n) is 3.71. The zero-order valence-electron chi connectivity index (χ0n) is 9.01. The fourth-order valence-corrected chi connectivity index (χ4v) is 1.96. The molecule has 2 rings (SSSR count). The summed E-state index contributed by atoms with van der Waals surface area (Å²) in [4.78, 5) is 0. The van der Waals surface area contributed by atoms with E-state index in [1.807, 2.05) is 0 Å². The molecule has 1 aromatic carbocycles. The fourth-order valence-electron chi connectivity index (χ4n) is 1.55. The maximum atomic E-state index is 13.4. The zero-order valence-corrected chi connectivity index (χ0v) is 10.6. The molecule has 0 bridgehead atoms. The number of halogens is 3. The number of nitrogens with one attached hydrogen (secondary N) is 1. The molecule has 1 saturated heterocycles. The van der Waals surface area contributed by atoms with Gasteiger partial charge in [0.15, 0.2) is 11.6 Å². The minimum absolute atomic E-state index is 0.106. The third-order valence-corrected chi connectivity index (χ3v) is 2.85. The van der Waals surface area contributed by atoms with E-state index in [0.717, 1.165) is 12.6 Å². The van der Waals surface area contributed by atoms with Crippen LogP contribution in [0.1, 0.15) is 0 Å². The summed E-state index contributed by atoms with van der Waals surface area (Å²) in [6.07, 6.45) is -0.134. The molecule has 17 heavy (non-hydrogen) atoms. The molecule has 0 spiro atoms. The molecule has 1 aliphatic rings. The highest BCUT2D eigenvalue weighted by atomic mass is 79.9. The third kappa shape index (κ3) is 3.37. The largest absolute Gasteiger partial charge is 0.488 e. The van der Waals surface area contributed by atoms with Crippen LogP contribution in [-0.2, 0) is 4.74 Å². The SMILES string of the molecule is Fc1cc(Br)cc(OCC2CNCCO2)c1F. The molecule has 1 atom stereocenters. The van der Waals surface area contributed by atoms with Crippen LogP contribution in [0.3, 0.4) is 0 Å². The smallest absolute Gasteiger partial charge is 0.200 e. The second kappa shape index (κ2) is 5.75. The Morgan fingerprint density at radius 1 is 1.47 bits per heavy atom. The summed E-state index contributed by atoms with van der Waals surface area (Å²) in [6, 6.07) is 2.45. The molecule has 94 valence electrons. The van der Waals surface area contributed by atoms with Crippen LogP contribution in [-0.4, -0.2) is 32.4 Å². The molecule has 1 heterocycles. The molecule has 1 unspecified atom stereocenters. The molecular weight excluding hydrogens is 296 g/mol. The number of hydrogen-bond donors (Lipinski definition) is 1. The standard InChI is InChI=1S/C11H12BrF2NO2/c12-7-3-9(13)11(14)10(4-7)17-6-8-5-15-1-2-16-8/h3-4,8,15H,1-2,5-6H2. The quantitative estimate of drug-likeness (QED) is 0.868. The molecule has 0 radical (unpaired) electrons. The lowest BCUT2D eigenvalue weighted by Gasteiger charge is -2.23. The minimum Gasteiger partial charge on any atom is -0.488 e. The van der Waals surface area contributed by atoms with E-state index in [9.17, 15) is 8.78 Å². The monoisotopic (exact) mass is 307 g/mol. The molecule has 0 amide bonds. The van der Waals surface area contributed by atoms with Gasteiger partial charge in [-0.1, -0.05) is 15.9 Å². The van der Waals surface area contributed by atoms with Crippen LogP contribution in [0.15, 0.2) is 16.6 Å². The minimum atomic E-state index is -0.975. The van der Waals surface area contributed by atoms with Crippen molar-refractivity contribution < 1.29 is 18.3 Å². The van der Waals surface area contributed by atoms with Crippen LogP contribution in [0.4, 0.5) is 8.78 Å². The highest BCUT2D eigenvalue weighted by Crippen LogP contribution is 2.25. The average molecular weight is 308 g/mol. The van der Waals surface area contributed by atoms with Gasteiger partial charge in [0.05, 0.1) is 6.61 Å². The average Bonchev–Trinajstić information content (AvgIpc) is 2.33. The molecule has 0 aliphatic carbocycles. The van der Waals surface area contributed by atoms with Crippen LogP contribution in [0.2, 0.25) is 0 Å². The van der Waals surface area contributed by atoms with Gasteiger partial charge in [0.2, 0.25) is 5.82 Å². The maximum absolute atomic E-state index is 13.4. The topological polar surface area (TPSA) is 30.5 Å². The van der Waals surface area contributed by atoms with E-state index in [-0.39, 0.29) is 18.5 Å². The molecule has 1 aliphatic heterocycles. The first-order valence-corrected chi connectivity index (χ1v) is 6.06. The van der Waals surface area contributed by atoms with Crippen LogP contribution in [0.5, 0.6) is 5.75 Å². The predicted molar refractivity (Wildman–Crippen MR) is 62.2 cm³/mol. The number of rotatable bonds is 3. The Balaban J connectivity index is 1.98. The molecule has 6 heteroatoms. The Kier molecular flexibility index (Phi) is 4.31. The highest BCUT2D eigenvalue weighted by molar-refractivity contribution is 9.10. The van der Waals surface area contributed by atoms with Crippen molar-refractivity contribution in [3.8, 4) is 5.75 Å². The van der Waals surface area contributed by atoms with Crippen molar-refractivity contribution in [2.75, 3.05) is 26.3 Å². The van der Waals surface area contributed by atoms with Crippen LogP contribution in [0, 0.1) is 11.6 Å². The number of morpholine rings is 1. The Morgan fingerprint density at radius 3 is 3.00 bits per heavy atom. The summed E-state index contributed by atoms with van der Waals surface area (Å²) < 4.78 is 37.5. The van der Waals surface area contributed by atoms with Crippen LogP contribution < -0.4 is 10.1 Å². The van der Waals surface area contributed by atoms with Crippen molar-refractivity contribution in [1.82, 2.24) is 5.32 Å². The number of ether oxygens (including phenoxy) is 2. The third-order valence-electron chi connectivity index (χ3n) is 2.39. The Morgan fingerprint density at radius 2 is 2.29 bits per heavy atom. The first kappa shape index (κ1) is 12.7. The van der Waals surface area contributed by atoms with E-state index in [4.69, 9.17) is 9.47 Å². The van der Waals surface area contributed by atoms with Gasteiger partial charge in [-0.25, -0.2) is 4.39 Å². The molecule has 1 fully saturated rings. The summed E-state index contributed by atoms with van der Waals surface area (Å²) in [6.45, 7) is 2.25. The first-order chi connectivity index (χ1) is 8.16. The summed E-state index contributed by atoms with van der Waals surface area (Å²) in [5, 5.41) is 3.13. The Labute approximate surface area is 106 Å². The first-order valence-electron chi connectivity index (χ1n) is 5.26. The molecule has 1 N–H and O–H groups in total. The van der Waals surface area contributed by atoms with Crippen molar-refractivity contribution >= 4 is 15.9 Å². The van der Waals surface area contributed by atoms with Gasteiger partial charge in [0.1, 0.15) is 12.7 Å². The lowest BCUT2D eigenvalue weighted by atomic mass is 10.3. The van der Waals surface area contributed by atoms with Crippen molar-refractivity contribution in [3.63, 3.8) is 0 Å². The lowest BCUT2D eigenvalue weighted by Crippen LogP contribution is -2.41. The predicted octanol–water partition coefficient (Wildman–Crippen LogP) is 2.09. The van der Waals surface area contributed by atoms with Gasteiger partial charge in [-0.2, -0.15) is 4.39 Å². The van der Waals surface area contributed by atoms with E-state index in [1.165, 1.54) is 6.07 Å². The van der Waals surface area contributed by atoms with Gasteiger partial charge in [-0.15, -0.1) is 0 Å². The van der Waals surface area contributed by atoms with Crippen LogP contribution in [0.25, 0.3) is 0 Å². The van der Waals surface area contributed by atoms with Gasteiger partial charge < -0.3 is 14.8 Å². The van der Waals surface area contributed by atoms with E-state index < -0.39 is 11.6 Å². The second-order valence-corrected chi connectivity index (χ2v) is 4.62. The van der Waals surface area contributed by atoms with Gasteiger partial charge >= 0.3 is 0 Å². The summed E-state index contributed by atoms with van der Waals surface area (Å²) in [7, 11) is 0. The van der Waals surface area contributed by atoms with E-state index in [2.05, 4.69) is 21.2 Å².